The number of hydrogen-bond donors (Lipinski definition) is 0. The zero-order valence-electron chi connectivity index (χ0n) is 9.74. The summed E-state index contributed by atoms with van der Waals surface area (Å²) in [4.78, 5) is 2.43. The van der Waals surface area contributed by atoms with Crippen LogP contribution in [0.4, 0.5) is 0 Å². The van der Waals surface area contributed by atoms with Crippen LogP contribution < -0.4 is 9.47 Å². The van der Waals surface area contributed by atoms with Gasteiger partial charge >= 0.3 is 0 Å². The Morgan fingerprint density at radius 2 is 2.00 bits per heavy atom. The van der Waals surface area contributed by atoms with Crippen molar-refractivity contribution < 1.29 is 9.47 Å². The number of nitrogens with zero attached hydrogens (tertiary/aromatic N) is 1. The molecule has 0 N–H and O–H groups in total. The van der Waals surface area contributed by atoms with Gasteiger partial charge in [0, 0.05) is 12.6 Å². The van der Waals surface area contributed by atoms with Gasteiger partial charge in [0.15, 0.2) is 0 Å². The highest BCUT2D eigenvalue weighted by molar-refractivity contribution is 5.32. The molecule has 0 saturated carbocycles. The van der Waals surface area contributed by atoms with Gasteiger partial charge in [-0.15, -0.1) is 0 Å². The molecule has 1 aromatic rings. The maximum atomic E-state index is 5.66. The topological polar surface area (TPSA) is 21.7 Å². The molecular formula is C13H18NO2. The fourth-order valence-electron chi connectivity index (χ4n) is 1.93. The Hall–Kier alpha value is -1.22. The molecule has 87 valence electrons. The summed E-state index contributed by atoms with van der Waals surface area (Å²) >= 11 is 0. The van der Waals surface area contributed by atoms with Crippen LogP contribution in [0.1, 0.15) is 12.8 Å². The van der Waals surface area contributed by atoms with Gasteiger partial charge in [-0.25, -0.2) is 0 Å². The average Bonchev–Trinajstić information content (AvgIpc) is 2.82. The molecule has 0 spiro atoms. The Kier molecular flexibility index (Phi) is 4.05. The second kappa shape index (κ2) is 5.75. The first-order valence-corrected chi connectivity index (χ1v) is 5.79. The third-order valence-electron chi connectivity index (χ3n) is 2.85. The molecule has 1 fully saturated rings. The number of hydrogen-bond acceptors (Lipinski definition) is 3. The molecule has 1 saturated heterocycles. The second-order valence-corrected chi connectivity index (χ2v) is 4.01. The zero-order valence-corrected chi connectivity index (χ0v) is 9.74. The van der Waals surface area contributed by atoms with E-state index < -0.39 is 0 Å². The van der Waals surface area contributed by atoms with Gasteiger partial charge in [0.25, 0.3) is 0 Å². The first-order chi connectivity index (χ1) is 7.88. The van der Waals surface area contributed by atoms with Crippen molar-refractivity contribution in [2.45, 2.75) is 12.8 Å². The number of likely N-dealkylation sites (tertiary alicyclic amines) is 1. The van der Waals surface area contributed by atoms with Gasteiger partial charge in [-0.2, -0.15) is 0 Å². The van der Waals surface area contributed by atoms with E-state index in [1.807, 2.05) is 12.1 Å². The van der Waals surface area contributed by atoms with Crippen LogP contribution in [-0.2, 0) is 0 Å². The molecule has 1 aliphatic heterocycles. The van der Waals surface area contributed by atoms with Crippen molar-refractivity contribution in [2.24, 2.45) is 0 Å². The third-order valence-corrected chi connectivity index (χ3v) is 2.85. The highest BCUT2D eigenvalue weighted by atomic mass is 16.5. The van der Waals surface area contributed by atoms with Crippen LogP contribution in [0.5, 0.6) is 11.5 Å². The summed E-state index contributed by atoms with van der Waals surface area (Å²) in [5.41, 5.74) is 0. The third kappa shape index (κ3) is 3.14. The van der Waals surface area contributed by atoms with E-state index in [1.54, 1.807) is 13.2 Å². The first-order valence-electron chi connectivity index (χ1n) is 5.79. The van der Waals surface area contributed by atoms with Crippen LogP contribution in [0.25, 0.3) is 0 Å². The molecule has 1 aliphatic rings. The van der Waals surface area contributed by atoms with E-state index >= 15 is 0 Å². The summed E-state index contributed by atoms with van der Waals surface area (Å²) in [5, 5.41) is 0. The molecular weight excluding hydrogens is 202 g/mol. The number of rotatable bonds is 5. The van der Waals surface area contributed by atoms with Crippen LogP contribution in [0.2, 0.25) is 0 Å². The summed E-state index contributed by atoms with van der Waals surface area (Å²) in [6, 6.07) is 8.52. The quantitative estimate of drug-likeness (QED) is 0.757. The van der Waals surface area contributed by atoms with E-state index in [1.165, 1.54) is 25.9 Å². The Balaban J connectivity index is 1.75. The van der Waals surface area contributed by atoms with Crippen LogP contribution in [0, 0.1) is 6.07 Å². The fraction of sp³-hybridized carbons (Fsp3) is 0.538. The zero-order chi connectivity index (χ0) is 11.2. The van der Waals surface area contributed by atoms with Crippen LogP contribution in [0.15, 0.2) is 18.2 Å². The van der Waals surface area contributed by atoms with Gasteiger partial charge in [0.2, 0.25) is 0 Å². The maximum absolute atomic E-state index is 5.66. The van der Waals surface area contributed by atoms with Crippen molar-refractivity contribution in [3.63, 3.8) is 0 Å². The summed E-state index contributed by atoms with van der Waals surface area (Å²) in [6.07, 6.45) is 2.65. The monoisotopic (exact) mass is 220 g/mol. The van der Waals surface area contributed by atoms with Gasteiger partial charge in [0.05, 0.1) is 7.11 Å². The van der Waals surface area contributed by atoms with Crippen molar-refractivity contribution in [2.75, 3.05) is 33.4 Å². The second-order valence-electron chi connectivity index (χ2n) is 4.01. The summed E-state index contributed by atoms with van der Waals surface area (Å²) in [6.45, 7) is 4.18. The molecule has 0 bridgehead atoms. The number of ether oxygens (including phenoxy) is 2. The lowest BCUT2D eigenvalue weighted by Gasteiger charge is -2.15. The Morgan fingerprint density at radius 1 is 1.25 bits per heavy atom. The van der Waals surface area contributed by atoms with Crippen LogP contribution in [0.3, 0.4) is 0 Å². The van der Waals surface area contributed by atoms with Gasteiger partial charge in [0.1, 0.15) is 18.1 Å². The smallest absolute Gasteiger partial charge is 0.123 e. The Morgan fingerprint density at radius 3 is 2.75 bits per heavy atom. The standard InChI is InChI=1S/C13H18NO2/c1-15-12-5-4-6-13(11-12)16-10-9-14-7-2-3-8-14/h5-6,11H,2-3,7-10H2,1H3. The van der Waals surface area contributed by atoms with Crippen LogP contribution >= 0.6 is 0 Å². The van der Waals surface area contributed by atoms with Gasteiger partial charge in [-0.3, -0.25) is 4.90 Å². The number of benzene rings is 1. The molecule has 0 atom stereocenters. The largest absolute Gasteiger partial charge is 0.497 e. The van der Waals surface area contributed by atoms with Gasteiger partial charge in [-0.1, -0.05) is 0 Å². The number of methoxy groups -OCH3 is 1. The summed E-state index contributed by atoms with van der Waals surface area (Å²) in [7, 11) is 1.65. The predicted octanol–water partition coefficient (Wildman–Crippen LogP) is 1.97. The van der Waals surface area contributed by atoms with E-state index in [0.717, 1.165) is 24.7 Å². The van der Waals surface area contributed by atoms with Crippen LogP contribution in [-0.4, -0.2) is 38.3 Å². The molecule has 3 nitrogen and oxygen atoms in total. The van der Waals surface area contributed by atoms with Crippen molar-refractivity contribution >= 4 is 0 Å². The lowest BCUT2D eigenvalue weighted by molar-refractivity contribution is 0.237. The van der Waals surface area contributed by atoms with E-state index in [9.17, 15) is 0 Å². The molecule has 2 rings (SSSR count). The highest BCUT2D eigenvalue weighted by Gasteiger charge is 2.10. The van der Waals surface area contributed by atoms with E-state index in [2.05, 4.69) is 11.0 Å². The van der Waals surface area contributed by atoms with E-state index in [-0.39, 0.29) is 0 Å². The minimum atomic E-state index is 0.737. The van der Waals surface area contributed by atoms with Crippen molar-refractivity contribution in [1.29, 1.82) is 0 Å². The lowest BCUT2D eigenvalue weighted by Crippen LogP contribution is -2.25. The fourth-order valence-corrected chi connectivity index (χ4v) is 1.93. The van der Waals surface area contributed by atoms with E-state index in [0.29, 0.717) is 0 Å². The average molecular weight is 220 g/mol. The maximum Gasteiger partial charge on any atom is 0.123 e. The molecule has 0 unspecified atom stereocenters. The van der Waals surface area contributed by atoms with Crippen molar-refractivity contribution in [3.8, 4) is 11.5 Å². The Labute approximate surface area is 97.0 Å². The molecule has 1 aromatic carbocycles. The molecule has 16 heavy (non-hydrogen) atoms. The normalized spacial score (nSPS) is 16.3. The molecule has 0 amide bonds. The summed E-state index contributed by atoms with van der Waals surface area (Å²) in [5.74, 6) is 1.62. The minimum Gasteiger partial charge on any atom is -0.497 e. The lowest BCUT2D eigenvalue weighted by atomic mass is 10.3. The van der Waals surface area contributed by atoms with Gasteiger partial charge in [-0.05, 0) is 44.1 Å². The molecule has 1 radical (unpaired) electrons. The van der Waals surface area contributed by atoms with Gasteiger partial charge < -0.3 is 9.47 Å². The summed E-state index contributed by atoms with van der Waals surface area (Å²) < 4.78 is 10.8. The van der Waals surface area contributed by atoms with E-state index in [4.69, 9.17) is 9.47 Å². The highest BCUT2D eigenvalue weighted by Crippen LogP contribution is 2.18. The van der Waals surface area contributed by atoms with Crippen molar-refractivity contribution in [3.05, 3.63) is 24.3 Å². The Bertz CT molecular complexity index is 321. The SMILES string of the molecule is COc1c[c]cc(OCCN2CCCC2)c1. The predicted molar refractivity (Wildman–Crippen MR) is 63.0 cm³/mol. The minimum absolute atomic E-state index is 0.737. The molecule has 0 aliphatic carbocycles. The molecule has 3 heteroatoms. The molecule has 0 aromatic heterocycles. The molecule has 1 heterocycles. The first kappa shape index (κ1) is 11.3. The van der Waals surface area contributed by atoms with Crippen molar-refractivity contribution in [1.82, 2.24) is 4.90 Å².